The van der Waals surface area contributed by atoms with Crippen LogP contribution in [-0.2, 0) is 4.79 Å². The third-order valence-corrected chi connectivity index (χ3v) is 4.21. The molecule has 1 aromatic carbocycles. The lowest BCUT2D eigenvalue weighted by atomic mass is 10.2. The second-order valence-corrected chi connectivity index (χ2v) is 6.19. The fourth-order valence-electron chi connectivity index (χ4n) is 3.02. The Labute approximate surface area is 163 Å². The van der Waals surface area contributed by atoms with Crippen molar-refractivity contribution in [2.75, 3.05) is 57.8 Å². The lowest BCUT2D eigenvalue weighted by Gasteiger charge is -2.34. The summed E-state index contributed by atoms with van der Waals surface area (Å²) in [5, 5.41) is 2.98. The first-order chi connectivity index (χ1) is 12.2. The summed E-state index contributed by atoms with van der Waals surface area (Å²) in [5.74, 6) is 1.39. The van der Waals surface area contributed by atoms with Gasteiger partial charge < -0.3 is 19.7 Å². The SMILES string of the molecule is CCCN1CCN(CC(=O)Nc2cc(OCC)ccc2OCC)CC1.Cl. The van der Waals surface area contributed by atoms with Gasteiger partial charge in [0.05, 0.1) is 25.4 Å². The third kappa shape index (κ3) is 7.02. The van der Waals surface area contributed by atoms with Gasteiger partial charge in [-0.15, -0.1) is 12.4 Å². The minimum atomic E-state index is -0.0152. The lowest BCUT2D eigenvalue weighted by molar-refractivity contribution is -0.117. The maximum Gasteiger partial charge on any atom is 0.238 e. The first kappa shape index (κ1) is 22.5. The standard InChI is InChI=1S/C19H31N3O3.ClH/c1-4-9-21-10-12-22(13-11-21)15-19(23)20-17-14-16(24-5-2)7-8-18(17)25-6-3;/h7-8,14H,4-6,9-13,15H2,1-3H3,(H,20,23);1H. The van der Waals surface area contributed by atoms with E-state index in [0.29, 0.717) is 31.2 Å². The highest BCUT2D eigenvalue weighted by Gasteiger charge is 2.19. The van der Waals surface area contributed by atoms with Crippen LogP contribution in [0.2, 0.25) is 0 Å². The number of ether oxygens (including phenoxy) is 2. The zero-order valence-corrected chi connectivity index (χ0v) is 16.9. The van der Waals surface area contributed by atoms with Gasteiger partial charge in [0, 0.05) is 32.2 Å². The Kier molecular flexibility index (Phi) is 10.4. The van der Waals surface area contributed by atoms with Crippen molar-refractivity contribution >= 4 is 24.0 Å². The Hall–Kier alpha value is -1.50. The average Bonchev–Trinajstić information content (AvgIpc) is 2.59. The van der Waals surface area contributed by atoms with Crippen LogP contribution in [0.3, 0.4) is 0 Å². The molecule has 0 radical (unpaired) electrons. The monoisotopic (exact) mass is 385 g/mol. The van der Waals surface area contributed by atoms with Crippen molar-refractivity contribution in [1.29, 1.82) is 0 Å². The van der Waals surface area contributed by atoms with Crippen molar-refractivity contribution in [3.05, 3.63) is 18.2 Å². The molecule has 7 heteroatoms. The highest BCUT2D eigenvalue weighted by Crippen LogP contribution is 2.29. The van der Waals surface area contributed by atoms with Crippen molar-refractivity contribution in [2.45, 2.75) is 27.2 Å². The normalized spacial score (nSPS) is 15.2. The van der Waals surface area contributed by atoms with Crippen molar-refractivity contribution in [3.8, 4) is 11.5 Å². The van der Waals surface area contributed by atoms with E-state index in [1.807, 2.05) is 32.0 Å². The molecule has 1 N–H and O–H groups in total. The van der Waals surface area contributed by atoms with E-state index in [4.69, 9.17) is 9.47 Å². The van der Waals surface area contributed by atoms with Crippen LogP contribution in [0.1, 0.15) is 27.2 Å². The van der Waals surface area contributed by atoms with Gasteiger partial charge in [-0.2, -0.15) is 0 Å². The van der Waals surface area contributed by atoms with Gasteiger partial charge in [0.2, 0.25) is 5.91 Å². The maximum absolute atomic E-state index is 12.5. The quantitative estimate of drug-likeness (QED) is 0.708. The number of benzene rings is 1. The molecular formula is C19H32ClN3O3. The summed E-state index contributed by atoms with van der Waals surface area (Å²) in [5.41, 5.74) is 0.669. The second-order valence-electron chi connectivity index (χ2n) is 6.19. The highest BCUT2D eigenvalue weighted by molar-refractivity contribution is 5.94. The number of rotatable bonds is 9. The van der Waals surface area contributed by atoms with Crippen LogP contribution in [-0.4, -0.2) is 68.2 Å². The van der Waals surface area contributed by atoms with Crippen molar-refractivity contribution < 1.29 is 14.3 Å². The molecule has 0 saturated carbocycles. The summed E-state index contributed by atoms with van der Waals surface area (Å²) in [6, 6.07) is 5.52. The number of carbonyl (C=O) groups excluding carboxylic acids is 1. The smallest absolute Gasteiger partial charge is 0.238 e. The third-order valence-electron chi connectivity index (χ3n) is 4.21. The van der Waals surface area contributed by atoms with Gasteiger partial charge in [-0.25, -0.2) is 0 Å². The number of piperazine rings is 1. The number of hydrogen-bond donors (Lipinski definition) is 1. The van der Waals surface area contributed by atoms with E-state index in [1.54, 1.807) is 0 Å². The van der Waals surface area contributed by atoms with Crippen LogP contribution in [0.5, 0.6) is 11.5 Å². The van der Waals surface area contributed by atoms with E-state index < -0.39 is 0 Å². The first-order valence-corrected chi connectivity index (χ1v) is 9.30. The molecule has 2 rings (SSSR count). The zero-order chi connectivity index (χ0) is 18.1. The molecule has 0 aliphatic carbocycles. The topological polar surface area (TPSA) is 54.0 Å². The van der Waals surface area contributed by atoms with E-state index in [0.717, 1.165) is 38.5 Å². The number of nitrogens with one attached hydrogen (secondary N) is 1. The Balaban J connectivity index is 0.00000338. The molecule has 26 heavy (non-hydrogen) atoms. The first-order valence-electron chi connectivity index (χ1n) is 9.30. The molecule has 1 aliphatic heterocycles. The van der Waals surface area contributed by atoms with Crippen LogP contribution in [0.15, 0.2) is 18.2 Å². The number of amides is 1. The number of anilines is 1. The fraction of sp³-hybridized carbons (Fsp3) is 0.632. The van der Waals surface area contributed by atoms with E-state index in [1.165, 1.54) is 6.42 Å². The molecule has 1 amide bonds. The highest BCUT2D eigenvalue weighted by atomic mass is 35.5. The Bertz CT molecular complexity index is 549. The molecule has 0 aromatic heterocycles. The molecule has 1 fully saturated rings. The van der Waals surface area contributed by atoms with Gasteiger partial charge in [-0.1, -0.05) is 6.92 Å². The van der Waals surface area contributed by atoms with Crippen LogP contribution >= 0.6 is 12.4 Å². The van der Waals surface area contributed by atoms with E-state index in [9.17, 15) is 4.79 Å². The zero-order valence-electron chi connectivity index (χ0n) is 16.1. The molecule has 0 bridgehead atoms. The molecule has 1 aromatic rings. The summed E-state index contributed by atoms with van der Waals surface area (Å²) in [7, 11) is 0. The molecular weight excluding hydrogens is 354 g/mol. The van der Waals surface area contributed by atoms with Crippen LogP contribution in [0.25, 0.3) is 0 Å². The molecule has 0 spiro atoms. The maximum atomic E-state index is 12.5. The number of carbonyl (C=O) groups is 1. The fourth-order valence-corrected chi connectivity index (χ4v) is 3.02. The summed E-state index contributed by atoms with van der Waals surface area (Å²) in [6.45, 7) is 12.7. The predicted molar refractivity (Wildman–Crippen MR) is 108 cm³/mol. The predicted octanol–water partition coefficient (Wildman–Crippen LogP) is 2.87. The van der Waals surface area contributed by atoms with Gasteiger partial charge in [0.15, 0.2) is 0 Å². The van der Waals surface area contributed by atoms with E-state index in [2.05, 4.69) is 22.0 Å². The molecule has 0 unspecified atom stereocenters. The average molecular weight is 386 g/mol. The molecule has 0 atom stereocenters. The second kappa shape index (κ2) is 12.0. The molecule has 1 saturated heterocycles. The van der Waals surface area contributed by atoms with Crippen molar-refractivity contribution in [1.82, 2.24) is 9.80 Å². The van der Waals surface area contributed by atoms with Gasteiger partial charge >= 0.3 is 0 Å². The van der Waals surface area contributed by atoms with Gasteiger partial charge in [-0.05, 0) is 38.9 Å². The van der Waals surface area contributed by atoms with Crippen LogP contribution < -0.4 is 14.8 Å². The minimum absolute atomic E-state index is 0. The van der Waals surface area contributed by atoms with Crippen LogP contribution in [0.4, 0.5) is 5.69 Å². The minimum Gasteiger partial charge on any atom is -0.494 e. The Morgan fingerprint density at radius 2 is 1.69 bits per heavy atom. The summed E-state index contributed by atoms with van der Waals surface area (Å²) >= 11 is 0. The van der Waals surface area contributed by atoms with Crippen molar-refractivity contribution in [2.24, 2.45) is 0 Å². The molecule has 1 aliphatic rings. The van der Waals surface area contributed by atoms with Gasteiger partial charge in [0.1, 0.15) is 11.5 Å². The number of hydrogen-bond acceptors (Lipinski definition) is 5. The molecule has 148 valence electrons. The summed E-state index contributed by atoms with van der Waals surface area (Å²) in [6.07, 6.45) is 1.18. The van der Waals surface area contributed by atoms with Crippen molar-refractivity contribution in [3.63, 3.8) is 0 Å². The lowest BCUT2D eigenvalue weighted by Crippen LogP contribution is -2.48. The van der Waals surface area contributed by atoms with Gasteiger partial charge in [0.25, 0.3) is 0 Å². The Morgan fingerprint density at radius 1 is 1.04 bits per heavy atom. The molecule has 6 nitrogen and oxygen atoms in total. The van der Waals surface area contributed by atoms with E-state index in [-0.39, 0.29) is 18.3 Å². The van der Waals surface area contributed by atoms with Crippen LogP contribution in [0, 0.1) is 0 Å². The van der Waals surface area contributed by atoms with E-state index >= 15 is 0 Å². The largest absolute Gasteiger partial charge is 0.494 e. The summed E-state index contributed by atoms with van der Waals surface area (Å²) in [4.78, 5) is 17.1. The summed E-state index contributed by atoms with van der Waals surface area (Å²) < 4.78 is 11.1. The molecule has 1 heterocycles. The van der Waals surface area contributed by atoms with Gasteiger partial charge in [-0.3, -0.25) is 9.69 Å². The Morgan fingerprint density at radius 3 is 2.31 bits per heavy atom. The number of halogens is 1. The number of nitrogens with zero attached hydrogens (tertiary/aromatic N) is 2.